The van der Waals surface area contributed by atoms with Crippen LogP contribution < -0.4 is 14.4 Å². The van der Waals surface area contributed by atoms with Crippen molar-refractivity contribution in [1.82, 2.24) is 0 Å². The smallest absolute Gasteiger partial charge is 0.270 e. The molecule has 0 aliphatic carbocycles. The number of rotatable bonds is 5. The number of Topliss-reactive ketones (excluding diaryl/α,β-unsaturated/α-hetero) is 1. The fourth-order valence-corrected chi connectivity index (χ4v) is 4.98. The van der Waals surface area contributed by atoms with Gasteiger partial charge in [0.15, 0.2) is 4.91 Å². The summed E-state index contributed by atoms with van der Waals surface area (Å²) in [6, 6.07) is 21.5. The maximum Gasteiger partial charge on any atom is 0.270 e. The van der Waals surface area contributed by atoms with E-state index in [1.807, 2.05) is 31.2 Å². The molecule has 0 bridgehead atoms. The number of nitrogens with one attached hydrogen (secondary N) is 1. The fourth-order valence-electron chi connectivity index (χ4n) is 3.46. The Bertz CT molecular complexity index is 1260. The second kappa shape index (κ2) is 8.28. The Morgan fingerprint density at radius 1 is 0.968 bits per heavy atom. The van der Waals surface area contributed by atoms with Crippen molar-refractivity contribution < 1.29 is 17.9 Å². The van der Waals surface area contributed by atoms with Crippen molar-refractivity contribution in [3.63, 3.8) is 0 Å². The van der Waals surface area contributed by atoms with Gasteiger partial charge in [-0.05, 0) is 36.8 Å². The number of aryl methyl sites for hydroxylation is 1. The van der Waals surface area contributed by atoms with Crippen LogP contribution in [0.4, 0.5) is 11.4 Å². The minimum absolute atomic E-state index is 0.124. The van der Waals surface area contributed by atoms with E-state index in [-0.39, 0.29) is 11.4 Å². The summed E-state index contributed by atoms with van der Waals surface area (Å²) in [5, 5.41) is 2.93. The minimum Gasteiger partial charge on any atom is -0.495 e. The van der Waals surface area contributed by atoms with Crippen LogP contribution in [0.25, 0.3) is 0 Å². The van der Waals surface area contributed by atoms with Gasteiger partial charge in [0.05, 0.1) is 25.0 Å². The summed E-state index contributed by atoms with van der Waals surface area (Å²) >= 11 is 0. The summed E-state index contributed by atoms with van der Waals surface area (Å²) in [4.78, 5) is 12.8. The molecule has 0 amide bonds. The first-order chi connectivity index (χ1) is 14.9. The summed E-state index contributed by atoms with van der Waals surface area (Å²) in [5.74, 6) is -0.00456. The number of allylic oxidation sites excluding steroid dienone is 1. The molecule has 0 unspecified atom stereocenters. The quantitative estimate of drug-likeness (QED) is 0.599. The van der Waals surface area contributed by atoms with Crippen LogP contribution >= 0.6 is 0 Å². The molecule has 3 aromatic carbocycles. The first-order valence-electron chi connectivity index (χ1n) is 9.73. The maximum atomic E-state index is 13.5. The van der Waals surface area contributed by atoms with Gasteiger partial charge < -0.3 is 10.1 Å². The molecule has 0 saturated carbocycles. The van der Waals surface area contributed by atoms with Crippen molar-refractivity contribution in [2.75, 3.05) is 16.7 Å². The number of methoxy groups -OCH3 is 1. The number of carbonyl (C=O) groups excluding carboxylic acids is 1. The van der Waals surface area contributed by atoms with Gasteiger partial charge in [-0.15, -0.1) is 0 Å². The summed E-state index contributed by atoms with van der Waals surface area (Å²) in [5.41, 5.74) is 3.20. The largest absolute Gasteiger partial charge is 0.495 e. The number of nitrogens with zero attached hydrogens (tertiary/aromatic N) is 1. The normalized spacial score (nSPS) is 16.1. The second-order valence-corrected chi connectivity index (χ2v) is 9.03. The van der Waals surface area contributed by atoms with E-state index in [1.54, 1.807) is 48.5 Å². The van der Waals surface area contributed by atoms with Gasteiger partial charge in [-0.1, -0.05) is 54.1 Å². The van der Waals surface area contributed by atoms with Crippen molar-refractivity contribution in [2.24, 2.45) is 0 Å². The van der Waals surface area contributed by atoms with E-state index in [9.17, 15) is 13.2 Å². The standard InChI is InChI=1S/C24H22N2O4S/c1-17-11-13-18(14-12-17)16-26-21-9-5-3-7-19(21)24(27)23(31(26,28)29)15-25-20-8-4-6-10-22(20)30-2/h3-15,25H,16H2,1-2H3/b23-15+. The van der Waals surface area contributed by atoms with Gasteiger partial charge in [0.25, 0.3) is 10.0 Å². The molecule has 1 heterocycles. The highest BCUT2D eigenvalue weighted by Crippen LogP contribution is 2.36. The zero-order valence-corrected chi connectivity index (χ0v) is 18.0. The van der Waals surface area contributed by atoms with E-state index in [1.165, 1.54) is 17.6 Å². The number of ether oxygens (including phenoxy) is 1. The molecule has 0 radical (unpaired) electrons. The lowest BCUT2D eigenvalue weighted by molar-refractivity contribution is 0.104. The van der Waals surface area contributed by atoms with Crippen molar-refractivity contribution in [1.29, 1.82) is 0 Å². The number of para-hydroxylation sites is 3. The molecule has 0 fully saturated rings. The topological polar surface area (TPSA) is 75.7 Å². The molecule has 6 nitrogen and oxygen atoms in total. The average molecular weight is 435 g/mol. The zero-order valence-electron chi connectivity index (χ0n) is 17.2. The molecule has 158 valence electrons. The number of hydrogen-bond donors (Lipinski definition) is 1. The number of hydrogen-bond acceptors (Lipinski definition) is 5. The molecule has 0 aromatic heterocycles. The van der Waals surface area contributed by atoms with Crippen LogP contribution in [0.3, 0.4) is 0 Å². The number of anilines is 2. The Hall–Kier alpha value is -3.58. The molecule has 0 saturated heterocycles. The Morgan fingerprint density at radius 3 is 2.39 bits per heavy atom. The monoisotopic (exact) mass is 434 g/mol. The second-order valence-electron chi connectivity index (χ2n) is 7.20. The molecular weight excluding hydrogens is 412 g/mol. The van der Waals surface area contributed by atoms with Crippen LogP contribution in [0.15, 0.2) is 83.9 Å². The lowest BCUT2D eigenvalue weighted by atomic mass is 10.1. The van der Waals surface area contributed by atoms with Gasteiger partial charge in [-0.3, -0.25) is 9.10 Å². The van der Waals surface area contributed by atoms with E-state index in [0.717, 1.165) is 11.1 Å². The van der Waals surface area contributed by atoms with E-state index in [2.05, 4.69) is 5.32 Å². The van der Waals surface area contributed by atoms with Crippen LogP contribution in [-0.4, -0.2) is 21.3 Å². The first kappa shape index (κ1) is 20.7. The molecule has 4 rings (SSSR count). The molecule has 31 heavy (non-hydrogen) atoms. The van der Waals surface area contributed by atoms with E-state index >= 15 is 0 Å². The predicted octanol–water partition coefficient (Wildman–Crippen LogP) is 4.49. The third kappa shape index (κ3) is 3.92. The molecule has 7 heteroatoms. The Morgan fingerprint density at radius 2 is 1.65 bits per heavy atom. The molecule has 0 atom stereocenters. The highest BCUT2D eigenvalue weighted by Gasteiger charge is 2.40. The third-order valence-corrected chi connectivity index (χ3v) is 6.89. The Balaban J connectivity index is 1.78. The average Bonchev–Trinajstić information content (AvgIpc) is 2.78. The number of fused-ring (bicyclic) bond motifs is 1. The van der Waals surface area contributed by atoms with Crippen molar-refractivity contribution in [2.45, 2.75) is 13.5 Å². The van der Waals surface area contributed by atoms with Gasteiger partial charge in [-0.25, -0.2) is 8.42 Å². The van der Waals surface area contributed by atoms with E-state index in [4.69, 9.17) is 4.74 Å². The summed E-state index contributed by atoms with van der Waals surface area (Å²) in [6.45, 7) is 2.10. The Kier molecular flexibility index (Phi) is 5.52. The molecule has 1 N–H and O–H groups in total. The lowest BCUT2D eigenvalue weighted by Gasteiger charge is -2.31. The van der Waals surface area contributed by atoms with Gasteiger partial charge in [-0.2, -0.15) is 0 Å². The molecule has 1 aliphatic rings. The summed E-state index contributed by atoms with van der Waals surface area (Å²) in [7, 11) is -2.56. The predicted molar refractivity (Wildman–Crippen MR) is 122 cm³/mol. The van der Waals surface area contributed by atoms with Gasteiger partial charge in [0, 0.05) is 11.8 Å². The molecule has 0 spiro atoms. The Labute approximate surface area is 181 Å². The van der Waals surface area contributed by atoms with Gasteiger partial charge >= 0.3 is 0 Å². The molecular formula is C24H22N2O4S. The SMILES string of the molecule is COc1ccccc1N/C=C1\C(=O)c2ccccc2N(Cc2ccc(C)cc2)S1(=O)=O. The zero-order chi connectivity index (χ0) is 22.0. The highest BCUT2D eigenvalue weighted by molar-refractivity contribution is 7.97. The van der Waals surface area contributed by atoms with Crippen LogP contribution in [0.1, 0.15) is 21.5 Å². The highest BCUT2D eigenvalue weighted by atomic mass is 32.2. The van der Waals surface area contributed by atoms with E-state index in [0.29, 0.717) is 22.7 Å². The number of ketones is 1. The van der Waals surface area contributed by atoms with Crippen molar-refractivity contribution in [3.05, 3.63) is 101 Å². The van der Waals surface area contributed by atoms with Crippen molar-refractivity contribution in [3.8, 4) is 5.75 Å². The molecule has 3 aromatic rings. The summed E-state index contributed by atoms with van der Waals surface area (Å²) in [6.07, 6.45) is 1.24. The van der Waals surface area contributed by atoms with Crippen LogP contribution in [-0.2, 0) is 16.6 Å². The number of carbonyl (C=O) groups is 1. The third-order valence-electron chi connectivity index (χ3n) is 5.12. The fraction of sp³-hybridized carbons (Fsp3) is 0.125. The van der Waals surface area contributed by atoms with E-state index < -0.39 is 15.8 Å². The number of benzene rings is 3. The number of sulfonamides is 1. The lowest BCUT2D eigenvalue weighted by Crippen LogP contribution is -2.39. The minimum atomic E-state index is -4.08. The maximum absolute atomic E-state index is 13.5. The molecule has 1 aliphatic heterocycles. The van der Waals surface area contributed by atoms with Crippen LogP contribution in [0.5, 0.6) is 5.75 Å². The van der Waals surface area contributed by atoms with Crippen LogP contribution in [0, 0.1) is 6.92 Å². The van der Waals surface area contributed by atoms with Gasteiger partial charge in [0.2, 0.25) is 5.78 Å². The van der Waals surface area contributed by atoms with Crippen molar-refractivity contribution >= 4 is 27.2 Å². The van der Waals surface area contributed by atoms with Gasteiger partial charge in [0.1, 0.15) is 5.75 Å². The van der Waals surface area contributed by atoms with Crippen LogP contribution in [0.2, 0.25) is 0 Å². The first-order valence-corrected chi connectivity index (χ1v) is 11.2. The summed E-state index contributed by atoms with van der Waals surface area (Å²) < 4.78 is 33.6.